The summed E-state index contributed by atoms with van der Waals surface area (Å²) in [7, 11) is 0. The number of halogens is 4. The summed E-state index contributed by atoms with van der Waals surface area (Å²) in [5.41, 5.74) is 6.72. The third-order valence-corrected chi connectivity index (χ3v) is 4.87. The van der Waals surface area contributed by atoms with Gasteiger partial charge < -0.3 is 16.2 Å². The van der Waals surface area contributed by atoms with Crippen molar-refractivity contribution in [2.45, 2.75) is 12.2 Å². The van der Waals surface area contributed by atoms with Gasteiger partial charge in [-0.05, 0) is 54.1 Å². The Balaban J connectivity index is 1.82. The van der Waals surface area contributed by atoms with Crippen molar-refractivity contribution in [3.63, 3.8) is 0 Å². The molecule has 5 nitrogen and oxygen atoms in total. The van der Waals surface area contributed by atoms with E-state index in [0.717, 1.165) is 12.1 Å². The number of nitrogens with two attached hydrogens (primary N) is 2. The summed E-state index contributed by atoms with van der Waals surface area (Å²) in [5.74, 6) is -1.09. The molecule has 0 fully saturated rings. The number of rotatable bonds is 6. The molecule has 3 rings (SSSR count). The van der Waals surface area contributed by atoms with Crippen LogP contribution in [0.5, 0.6) is 0 Å². The molecular formula is C23H20F4N3O2+. The summed E-state index contributed by atoms with van der Waals surface area (Å²) in [6, 6.07) is 13.1. The average Bonchev–Trinajstić information content (AvgIpc) is 2.76. The van der Waals surface area contributed by atoms with Crippen LogP contribution in [0.4, 0.5) is 23.2 Å². The monoisotopic (exact) mass is 446 g/mol. The van der Waals surface area contributed by atoms with Crippen molar-refractivity contribution in [1.82, 2.24) is 5.32 Å². The lowest BCUT2D eigenvalue weighted by Gasteiger charge is -2.18. The lowest BCUT2D eigenvalue weighted by atomic mass is 9.98. The second-order valence-corrected chi connectivity index (χ2v) is 7.05. The van der Waals surface area contributed by atoms with Crippen LogP contribution in [0, 0.1) is 5.82 Å². The Morgan fingerprint density at radius 1 is 1.03 bits per heavy atom. The minimum Gasteiger partial charge on any atom is -0.398 e. The first-order valence-corrected chi connectivity index (χ1v) is 9.47. The first kappa shape index (κ1) is 23.0. The minimum absolute atomic E-state index is 0.152. The van der Waals surface area contributed by atoms with Crippen LogP contribution in [0.3, 0.4) is 0 Å². The molecular weight excluding hydrogens is 426 g/mol. The predicted octanol–water partition coefficient (Wildman–Crippen LogP) is 2.49. The number of carbonyl (C=O) groups is 1. The number of nitrogens with one attached hydrogen (secondary N) is 1. The van der Waals surface area contributed by atoms with Crippen molar-refractivity contribution in [3.8, 4) is 0 Å². The Bertz CT molecular complexity index is 1140. The number of nitrogen functional groups attached to an aromatic ring is 1. The SMILES string of the molecule is Nc1ccc(C(=O)NC(CO)c2ccc(C(F)(F)F)cc2)cc1C(=[NH2+])c1cccc(F)c1. The third kappa shape index (κ3) is 5.12. The van der Waals surface area contributed by atoms with Crippen LogP contribution >= 0.6 is 0 Å². The molecule has 3 aromatic rings. The van der Waals surface area contributed by atoms with Gasteiger partial charge in [-0.1, -0.05) is 18.2 Å². The molecule has 6 N–H and O–H groups in total. The molecule has 0 heterocycles. The van der Waals surface area contributed by atoms with Gasteiger partial charge in [-0.25, -0.2) is 4.39 Å². The lowest BCUT2D eigenvalue weighted by molar-refractivity contribution is -0.137. The van der Waals surface area contributed by atoms with Gasteiger partial charge in [0.05, 0.1) is 23.8 Å². The molecule has 9 heteroatoms. The molecule has 0 spiro atoms. The predicted molar refractivity (Wildman–Crippen MR) is 111 cm³/mol. The fourth-order valence-corrected chi connectivity index (χ4v) is 3.12. The number of alkyl halides is 3. The average molecular weight is 446 g/mol. The number of benzene rings is 3. The maximum Gasteiger partial charge on any atom is 0.416 e. The van der Waals surface area contributed by atoms with E-state index in [2.05, 4.69) is 5.32 Å². The molecule has 0 saturated heterocycles. The van der Waals surface area contributed by atoms with Crippen LogP contribution in [0.2, 0.25) is 0 Å². The van der Waals surface area contributed by atoms with Crippen LogP contribution in [0.15, 0.2) is 66.7 Å². The molecule has 32 heavy (non-hydrogen) atoms. The zero-order valence-corrected chi connectivity index (χ0v) is 16.7. The van der Waals surface area contributed by atoms with Crippen molar-refractivity contribution in [3.05, 3.63) is 100 Å². The van der Waals surface area contributed by atoms with Crippen LogP contribution in [0.25, 0.3) is 0 Å². The van der Waals surface area contributed by atoms with Crippen LogP contribution in [-0.4, -0.2) is 23.3 Å². The van der Waals surface area contributed by atoms with E-state index in [4.69, 9.17) is 11.1 Å². The number of anilines is 1. The Kier molecular flexibility index (Phi) is 6.59. The van der Waals surface area contributed by atoms with E-state index in [-0.39, 0.29) is 17.0 Å². The zero-order chi connectivity index (χ0) is 23.5. The summed E-state index contributed by atoms with van der Waals surface area (Å²) in [4.78, 5) is 12.7. The standard InChI is InChI=1S/C23H19F4N3O2/c24-17-3-1-2-14(10-17)21(29)18-11-15(6-9-19(18)28)22(32)30-20(12-31)13-4-7-16(8-5-13)23(25,26)27/h1-11,20,29,31H,12,28H2,(H,30,32)/p+1. The van der Waals surface area contributed by atoms with Gasteiger partial charge in [0.2, 0.25) is 5.71 Å². The topological polar surface area (TPSA) is 101 Å². The van der Waals surface area contributed by atoms with Crippen molar-refractivity contribution in [1.29, 1.82) is 0 Å². The highest BCUT2D eigenvalue weighted by Crippen LogP contribution is 2.30. The van der Waals surface area contributed by atoms with E-state index in [9.17, 15) is 27.5 Å². The molecule has 0 aliphatic rings. The smallest absolute Gasteiger partial charge is 0.398 e. The molecule has 0 radical (unpaired) electrons. The number of hydrogen-bond donors (Lipinski definition) is 4. The molecule has 1 atom stereocenters. The number of hydrogen-bond acceptors (Lipinski definition) is 3. The fraction of sp³-hybridized carbons (Fsp3) is 0.130. The Labute approximate surface area is 181 Å². The summed E-state index contributed by atoms with van der Waals surface area (Å²) in [6.45, 7) is -0.531. The van der Waals surface area contributed by atoms with E-state index < -0.39 is 36.1 Å². The second-order valence-electron chi connectivity index (χ2n) is 7.05. The van der Waals surface area contributed by atoms with E-state index in [0.29, 0.717) is 16.7 Å². The van der Waals surface area contributed by atoms with Gasteiger partial charge in [-0.3, -0.25) is 10.2 Å². The van der Waals surface area contributed by atoms with E-state index >= 15 is 0 Å². The van der Waals surface area contributed by atoms with Crippen molar-refractivity contribution < 1.29 is 32.9 Å². The highest BCUT2D eigenvalue weighted by Gasteiger charge is 2.30. The maximum absolute atomic E-state index is 13.5. The summed E-state index contributed by atoms with van der Waals surface area (Å²) >= 11 is 0. The van der Waals surface area contributed by atoms with Crippen molar-refractivity contribution in [2.24, 2.45) is 0 Å². The highest BCUT2D eigenvalue weighted by molar-refractivity contribution is 6.13. The summed E-state index contributed by atoms with van der Waals surface area (Å²) in [5, 5.41) is 18.3. The van der Waals surface area contributed by atoms with Gasteiger partial charge in [0.15, 0.2) is 0 Å². The summed E-state index contributed by atoms with van der Waals surface area (Å²) < 4.78 is 51.8. The first-order chi connectivity index (χ1) is 15.1. The number of amides is 1. The van der Waals surface area contributed by atoms with Crippen LogP contribution in [-0.2, 0) is 6.18 Å². The molecule has 166 valence electrons. The number of aliphatic hydroxyl groups excluding tert-OH is 1. The van der Waals surface area contributed by atoms with Gasteiger partial charge in [0.1, 0.15) is 5.82 Å². The Hall–Kier alpha value is -3.72. The normalized spacial score (nSPS) is 12.3. The number of carbonyl (C=O) groups excluding carboxylic acids is 1. The molecule has 0 bridgehead atoms. The molecule has 1 unspecified atom stereocenters. The second kappa shape index (κ2) is 9.19. The Morgan fingerprint density at radius 2 is 1.72 bits per heavy atom. The van der Waals surface area contributed by atoms with Crippen molar-refractivity contribution >= 4 is 17.3 Å². The summed E-state index contributed by atoms with van der Waals surface area (Å²) in [6.07, 6.45) is -4.49. The van der Waals surface area contributed by atoms with E-state index in [1.807, 2.05) is 0 Å². The maximum atomic E-state index is 13.5. The highest BCUT2D eigenvalue weighted by atomic mass is 19.4. The molecule has 0 aliphatic heterocycles. The van der Waals surface area contributed by atoms with Gasteiger partial charge >= 0.3 is 6.18 Å². The fourth-order valence-electron chi connectivity index (χ4n) is 3.12. The molecule has 1 amide bonds. The van der Waals surface area contributed by atoms with E-state index in [1.54, 1.807) is 6.07 Å². The Morgan fingerprint density at radius 3 is 2.31 bits per heavy atom. The van der Waals surface area contributed by atoms with Gasteiger partial charge in [0, 0.05) is 16.8 Å². The van der Waals surface area contributed by atoms with Crippen LogP contribution < -0.4 is 16.5 Å². The molecule has 3 aromatic carbocycles. The molecule has 0 aromatic heterocycles. The van der Waals surface area contributed by atoms with Crippen molar-refractivity contribution in [2.75, 3.05) is 12.3 Å². The molecule has 0 aliphatic carbocycles. The van der Waals surface area contributed by atoms with Gasteiger partial charge in [-0.2, -0.15) is 13.2 Å². The largest absolute Gasteiger partial charge is 0.416 e. The third-order valence-electron chi connectivity index (χ3n) is 4.87. The lowest BCUT2D eigenvalue weighted by Crippen LogP contribution is -2.41. The quantitative estimate of drug-likeness (QED) is 0.266. The first-order valence-electron chi connectivity index (χ1n) is 9.47. The van der Waals surface area contributed by atoms with Gasteiger partial charge in [-0.15, -0.1) is 0 Å². The van der Waals surface area contributed by atoms with Gasteiger partial charge in [0.25, 0.3) is 5.91 Å². The number of aliphatic hydroxyl groups is 1. The zero-order valence-electron chi connectivity index (χ0n) is 16.7. The molecule has 0 saturated carbocycles. The van der Waals surface area contributed by atoms with E-state index in [1.165, 1.54) is 48.5 Å². The van der Waals surface area contributed by atoms with Crippen LogP contribution in [0.1, 0.15) is 38.7 Å². The minimum atomic E-state index is -4.49.